The first-order chi connectivity index (χ1) is 14.5. The molecule has 2 aromatic carbocycles. The topological polar surface area (TPSA) is 64.4 Å². The summed E-state index contributed by atoms with van der Waals surface area (Å²) in [7, 11) is 0. The normalized spacial score (nSPS) is 13.0. The zero-order valence-corrected chi connectivity index (χ0v) is 16.9. The Balaban J connectivity index is 1.75. The molecule has 0 saturated heterocycles. The number of nitrogens with zero attached hydrogens (tertiary/aromatic N) is 3. The zero-order valence-electron chi connectivity index (χ0n) is 16.9. The largest absolute Gasteiger partial charge is 0.490 e. The second kappa shape index (κ2) is 8.10. The quantitative estimate of drug-likeness (QED) is 0.665. The number of hydrogen-bond acceptors (Lipinski definition) is 4. The van der Waals surface area contributed by atoms with Gasteiger partial charge in [-0.3, -0.25) is 14.2 Å². The molecule has 4 rings (SSSR count). The van der Waals surface area contributed by atoms with Gasteiger partial charge in [0, 0.05) is 17.3 Å². The van der Waals surface area contributed by atoms with Crippen molar-refractivity contribution in [1.29, 1.82) is 0 Å². The molecule has 1 aliphatic rings. The third kappa shape index (κ3) is 3.83. The number of fused-ring (bicyclic) bond motifs is 1. The van der Waals surface area contributed by atoms with Crippen LogP contribution in [0.3, 0.4) is 0 Å². The van der Waals surface area contributed by atoms with Gasteiger partial charge in [-0.2, -0.15) is 0 Å². The van der Waals surface area contributed by atoms with Crippen LogP contribution in [0.2, 0.25) is 0 Å². The van der Waals surface area contributed by atoms with Crippen LogP contribution in [0.15, 0.2) is 53.3 Å². The second-order valence-electron chi connectivity index (χ2n) is 7.22. The summed E-state index contributed by atoms with van der Waals surface area (Å²) in [4.78, 5) is 32.2. The lowest BCUT2D eigenvalue weighted by atomic mass is 10.1. The van der Waals surface area contributed by atoms with E-state index in [0.717, 1.165) is 5.56 Å². The molecule has 1 amide bonds. The van der Waals surface area contributed by atoms with Gasteiger partial charge >= 0.3 is 0 Å². The Morgan fingerprint density at radius 2 is 2.03 bits per heavy atom. The first kappa shape index (κ1) is 19.8. The number of aryl methyl sites for hydroxylation is 2. The van der Waals surface area contributed by atoms with Gasteiger partial charge in [0.25, 0.3) is 5.56 Å². The fraction of sp³-hybridized carbons (Fsp3) is 0.261. The minimum Gasteiger partial charge on any atom is -0.490 e. The lowest BCUT2D eigenvalue weighted by molar-refractivity contribution is -0.119. The standard InChI is InChI=1S/C23H22FN3O3/c1-3-18-13-21(28)27(23(25-18)16-5-4-6-17(24)12-16)14-22(29)26-9-10-30-20-8-7-15(2)11-19(20)26/h4-8,11-13H,3,9-10,14H2,1-2H3. The van der Waals surface area contributed by atoms with Gasteiger partial charge in [-0.1, -0.05) is 25.1 Å². The predicted octanol–water partition coefficient (Wildman–Crippen LogP) is 3.35. The fourth-order valence-corrected chi connectivity index (χ4v) is 3.54. The third-order valence-electron chi connectivity index (χ3n) is 5.08. The number of carbonyl (C=O) groups excluding carboxylic acids is 1. The maximum Gasteiger partial charge on any atom is 0.254 e. The summed E-state index contributed by atoms with van der Waals surface area (Å²) < 4.78 is 20.8. The lowest BCUT2D eigenvalue weighted by Gasteiger charge is -2.30. The predicted molar refractivity (Wildman–Crippen MR) is 112 cm³/mol. The molecule has 1 aromatic heterocycles. The number of amides is 1. The lowest BCUT2D eigenvalue weighted by Crippen LogP contribution is -2.41. The average molecular weight is 407 g/mol. The SMILES string of the molecule is CCc1cc(=O)n(CC(=O)N2CCOc3ccc(C)cc32)c(-c2cccc(F)c2)n1. The minimum absolute atomic E-state index is 0.199. The highest BCUT2D eigenvalue weighted by Gasteiger charge is 2.25. The number of carbonyl (C=O) groups is 1. The third-order valence-corrected chi connectivity index (χ3v) is 5.08. The highest BCUT2D eigenvalue weighted by Crippen LogP contribution is 2.32. The Kier molecular flexibility index (Phi) is 5.35. The summed E-state index contributed by atoms with van der Waals surface area (Å²) in [5, 5.41) is 0. The van der Waals surface area contributed by atoms with Crippen molar-refractivity contribution in [2.45, 2.75) is 26.8 Å². The van der Waals surface area contributed by atoms with E-state index in [1.54, 1.807) is 17.0 Å². The van der Waals surface area contributed by atoms with E-state index in [9.17, 15) is 14.0 Å². The van der Waals surface area contributed by atoms with Crippen molar-refractivity contribution >= 4 is 11.6 Å². The average Bonchev–Trinajstić information content (AvgIpc) is 2.74. The maximum atomic E-state index is 13.8. The molecule has 0 atom stereocenters. The first-order valence-electron chi connectivity index (χ1n) is 9.87. The van der Waals surface area contributed by atoms with Crippen LogP contribution in [0.1, 0.15) is 18.2 Å². The van der Waals surface area contributed by atoms with Gasteiger partial charge in [-0.25, -0.2) is 9.37 Å². The van der Waals surface area contributed by atoms with Crippen molar-refractivity contribution in [3.05, 3.63) is 76.0 Å². The van der Waals surface area contributed by atoms with E-state index in [2.05, 4.69) is 4.98 Å². The zero-order chi connectivity index (χ0) is 21.3. The molecule has 0 N–H and O–H groups in total. The molecular weight excluding hydrogens is 385 g/mol. The van der Waals surface area contributed by atoms with E-state index in [1.807, 2.05) is 32.0 Å². The van der Waals surface area contributed by atoms with Crippen LogP contribution < -0.4 is 15.2 Å². The van der Waals surface area contributed by atoms with E-state index in [-0.39, 0.29) is 23.8 Å². The molecule has 0 bridgehead atoms. The molecule has 154 valence electrons. The maximum absolute atomic E-state index is 13.8. The van der Waals surface area contributed by atoms with Crippen molar-refractivity contribution in [2.24, 2.45) is 0 Å². The van der Waals surface area contributed by atoms with Gasteiger partial charge in [0.15, 0.2) is 0 Å². The Labute approximate surface area is 173 Å². The molecule has 0 fully saturated rings. The number of aromatic nitrogens is 2. The van der Waals surface area contributed by atoms with Gasteiger partial charge in [-0.05, 0) is 43.2 Å². The molecule has 0 radical (unpaired) electrons. The second-order valence-corrected chi connectivity index (χ2v) is 7.22. The Hall–Kier alpha value is -3.48. The molecular formula is C23H22FN3O3. The van der Waals surface area contributed by atoms with Gasteiger partial charge in [0.05, 0.1) is 12.2 Å². The van der Waals surface area contributed by atoms with Crippen LogP contribution in [0.5, 0.6) is 5.75 Å². The van der Waals surface area contributed by atoms with Gasteiger partial charge in [0.2, 0.25) is 5.91 Å². The summed E-state index contributed by atoms with van der Waals surface area (Å²) in [6.07, 6.45) is 0.558. The monoisotopic (exact) mass is 407 g/mol. The summed E-state index contributed by atoms with van der Waals surface area (Å²) >= 11 is 0. The number of benzene rings is 2. The number of rotatable bonds is 4. The molecule has 0 saturated carbocycles. The number of halogens is 1. The van der Waals surface area contributed by atoms with E-state index in [4.69, 9.17) is 4.74 Å². The van der Waals surface area contributed by atoms with Gasteiger partial charge in [-0.15, -0.1) is 0 Å². The van der Waals surface area contributed by atoms with E-state index in [0.29, 0.717) is 42.3 Å². The highest BCUT2D eigenvalue weighted by molar-refractivity contribution is 5.95. The number of anilines is 1. The first-order valence-corrected chi connectivity index (χ1v) is 9.87. The van der Waals surface area contributed by atoms with Gasteiger partial charge in [0.1, 0.15) is 30.5 Å². The van der Waals surface area contributed by atoms with Crippen molar-refractivity contribution in [2.75, 3.05) is 18.1 Å². The summed E-state index contributed by atoms with van der Waals surface area (Å²) in [5.41, 5.74) is 2.39. The minimum atomic E-state index is -0.431. The van der Waals surface area contributed by atoms with E-state index < -0.39 is 5.82 Å². The summed E-state index contributed by atoms with van der Waals surface area (Å²) in [5.74, 6) is 0.234. The van der Waals surface area contributed by atoms with Crippen molar-refractivity contribution in [3.63, 3.8) is 0 Å². The van der Waals surface area contributed by atoms with Crippen molar-refractivity contribution < 1.29 is 13.9 Å². The van der Waals surface area contributed by atoms with Gasteiger partial charge < -0.3 is 9.64 Å². The van der Waals surface area contributed by atoms with Crippen molar-refractivity contribution in [1.82, 2.24) is 9.55 Å². The number of ether oxygens (including phenoxy) is 1. The molecule has 0 aliphatic carbocycles. The molecule has 0 spiro atoms. The van der Waals surface area contributed by atoms with Crippen LogP contribution in [-0.4, -0.2) is 28.6 Å². The molecule has 0 unspecified atom stereocenters. The van der Waals surface area contributed by atoms with E-state index >= 15 is 0 Å². The molecule has 30 heavy (non-hydrogen) atoms. The Bertz CT molecular complexity index is 1170. The molecule has 7 heteroatoms. The molecule has 1 aliphatic heterocycles. The Morgan fingerprint density at radius 3 is 2.80 bits per heavy atom. The highest BCUT2D eigenvalue weighted by atomic mass is 19.1. The molecule has 6 nitrogen and oxygen atoms in total. The fourth-order valence-electron chi connectivity index (χ4n) is 3.54. The van der Waals surface area contributed by atoms with E-state index in [1.165, 1.54) is 22.8 Å². The van der Waals surface area contributed by atoms with Crippen molar-refractivity contribution in [3.8, 4) is 17.1 Å². The van der Waals surface area contributed by atoms with Crippen LogP contribution in [0.25, 0.3) is 11.4 Å². The molecule has 3 aromatic rings. The summed E-state index contributed by atoms with van der Waals surface area (Å²) in [6, 6.07) is 13.0. The van der Waals surface area contributed by atoms with Crippen LogP contribution in [0, 0.1) is 12.7 Å². The van der Waals surface area contributed by atoms with Crippen LogP contribution in [-0.2, 0) is 17.8 Å². The number of hydrogen-bond donors (Lipinski definition) is 0. The van der Waals surface area contributed by atoms with Crippen LogP contribution >= 0.6 is 0 Å². The summed E-state index contributed by atoms with van der Waals surface area (Å²) in [6.45, 7) is 4.40. The van der Waals surface area contributed by atoms with Crippen LogP contribution in [0.4, 0.5) is 10.1 Å². The molecule has 2 heterocycles. The smallest absolute Gasteiger partial charge is 0.254 e. The Morgan fingerprint density at radius 1 is 1.20 bits per heavy atom.